The van der Waals surface area contributed by atoms with E-state index < -0.39 is 17.3 Å². The average Bonchev–Trinajstić information content (AvgIpc) is 2.82. The number of nitrogens with one attached hydrogen (secondary N) is 1. The summed E-state index contributed by atoms with van der Waals surface area (Å²) in [6.45, 7) is 6.98. The fraction of sp³-hybridized carbons (Fsp3) is 0.692. The number of methoxy groups -OCH3 is 1. The van der Waals surface area contributed by atoms with E-state index in [1.165, 1.54) is 12.1 Å². The molecule has 196 valence electrons. The summed E-state index contributed by atoms with van der Waals surface area (Å²) in [5.74, 6) is -0.111. The number of rotatable bonds is 4. The molecule has 1 aromatic rings. The number of anilines is 1. The number of benzene rings is 1. The number of nitrogens with zero attached hydrogens (tertiary/aromatic N) is 2. The van der Waals surface area contributed by atoms with Gasteiger partial charge >= 0.3 is 6.03 Å². The second kappa shape index (κ2) is 12.6. The fourth-order valence-electron chi connectivity index (χ4n) is 4.84. The second-order valence-corrected chi connectivity index (χ2v) is 10.4. The van der Waals surface area contributed by atoms with Crippen molar-refractivity contribution in [2.24, 2.45) is 17.3 Å². The number of hydrogen-bond acceptors (Lipinski definition) is 5. The Kier molecular flexibility index (Phi) is 9.89. The molecule has 3 rings (SSSR count). The van der Waals surface area contributed by atoms with E-state index in [9.17, 15) is 19.1 Å². The van der Waals surface area contributed by atoms with Gasteiger partial charge in [0.25, 0.3) is 0 Å². The maximum absolute atomic E-state index is 13.5. The van der Waals surface area contributed by atoms with Crippen LogP contribution < -0.4 is 5.32 Å². The minimum atomic E-state index is -0.715. The number of aliphatic hydroxyl groups is 1. The van der Waals surface area contributed by atoms with Crippen molar-refractivity contribution in [3.8, 4) is 0 Å². The van der Waals surface area contributed by atoms with Crippen molar-refractivity contribution in [3.05, 3.63) is 30.1 Å². The largest absolute Gasteiger partial charge is 0.391 e. The molecule has 2 heterocycles. The number of piperidine rings is 1. The molecular formula is C26H40FN3O5. The number of carbonyl (C=O) groups is 2. The third kappa shape index (κ3) is 7.88. The van der Waals surface area contributed by atoms with E-state index in [1.54, 1.807) is 29.0 Å². The van der Waals surface area contributed by atoms with Gasteiger partial charge in [-0.15, -0.1) is 0 Å². The quantitative estimate of drug-likeness (QED) is 0.671. The highest BCUT2D eigenvalue weighted by atomic mass is 19.1. The van der Waals surface area contributed by atoms with Crippen LogP contribution in [0, 0.1) is 23.1 Å². The number of carbonyl (C=O) groups excluding carboxylic acids is 2. The lowest BCUT2D eigenvalue weighted by Gasteiger charge is -2.39. The van der Waals surface area contributed by atoms with Crippen LogP contribution in [0.4, 0.5) is 14.9 Å². The zero-order valence-electron chi connectivity index (χ0n) is 21.2. The van der Waals surface area contributed by atoms with Crippen molar-refractivity contribution in [2.75, 3.05) is 58.4 Å². The molecule has 3 atom stereocenters. The van der Waals surface area contributed by atoms with Gasteiger partial charge < -0.3 is 29.7 Å². The van der Waals surface area contributed by atoms with Crippen LogP contribution in [0.5, 0.6) is 0 Å². The third-order valence-corrected chi connectivity index (χ3v) is 7.24. The molecule has 9 heteroatoms. The first-order valence-electron chi connectivity index (χ1n) is 12.5. The van der Waals surface area contributed by atoms with Crippen molar-refractivity contribution in [1.29, 1.82) is 0 Å². The van der Waals surface area contributed by atoms with Gasteiger partial charge in [0.15, 0.2) is 0 Å². The highest BCUT2D eigenvalue weighted by molar-refractivity contribution is 5.89. The summed E-state index contributed by atoms with van der Waals surface area (Å²) in [5.41, 5.74) is -0.0660. The average molecular weight is 494 g/mol. The van der Waals surface area contributed by atoms with Gasteiger partial charge in [-0.25, -0.2) is 9.18 Å². The SMILES string of the molecule is COCCN1C[C@H](O)C(C)(C)COCCC[C@H]2CN(C(=O)Nc3cccc(F)c3)CC[C@H]2CC1=O. The number of aliphatic hydroxyl groups excluding tert-OH is 1. The van der Waals surface area contributed by atoms with Gasteiger partial charge in [0.1, 0.15) is 5.82 Å². The molecule has 0 saturated carbocycles. The predicted octanol–water partition coefficient (Wildman–Crippen LogP) is 3.36. The number of ether oxygens (including phenoxy) is 2. The Morgan fingerprint density at radius 1 is 1.29 bits per heavy atom. The highest BCUT2D eigenvalue weighted by Crippen LogP contribution is 2.32. The van der Waals surface area contributed by atoms with Gasteiger partial charge in [0.2, 0.25) is 5.91 Å². The fourth-order valence-corrected chi connectivity index (χ4v) is 4.84. The first kappa shape index (κ1) is 27.4. The van der Waals surface area contributed by atoms with Crippen LogP contribution in [0.1, 0.15) is 39.5 Å². The Hall–Kier alpha value is -2.23. The van der Waals surface area contributed by atoms with Crippen LogP contribution in [-0.2, 0) is 14.3 Å². The first-order chi connectivity index (χ1) is 16.7. The molecule has 2 aliphatic rings. The lowest BCUT2D eigenvalue weighted by molar-refractivity contribution is -0.137. The van der Waals surface area contributed by atoms with E-state index >= 15 is 0 Å². The number of likely N-dealkylation sites (tertiary alicyclic amines) is 1. The van der Waals surface area contributed by atoms with Crippen LogP contribution in [0.2, 0.25) is 0 Å². The summed E-state index contributed by atoms with van der Waals surface area (Å²) < 4.78 is 24.6. The Bertz CT molecular complexity index is 852. The number of urea groups is 1. The lowest BCUT2D eigenvalue weighted by atomic mass is 9.80. The zero-order valence-corrected chi connectivity index (χ0v) is 21.2. The number of β-amino-alcohol motifs (C(OH)–C–C–N with tert-alkyl or cyclic N) is 1. The van der Waals surface area contributed by atoms with Crippen LogP contribution >= 0.6 is 0 Å². The second-order valence-electron chi connectivity index (χ2n) is 10.4. The molecule has 0 aromatic heterocycles. The topological polar surface area (TPSA) is 91.3 Å². The minimum Gasteiger partial charge on any atom is -0.391 e. The van der Waals surface area contributed by atoms with Crippen molar-refractivity contribution < 1.29 is 28.6 Å². The molecule has 0 spiro atoms. The molecule has 0 aliphatic carbocycles. The predicted molar refractivity (Wildman–Crippen MR) is 132 cm³/mol. The smallest absolute Gasteiger partial charge is 0.321 e. The number of amides is 3. The summed E-state index contributed by atoms with van der Waals surface area (Å²) in [6.07, 6.45) is 2.02. The third-order valence-electron chi connectivity index (χ3n) is 7.24. The van der Waals surface area contributed by atoms with Gasteiger partial charge in [-0.1, -0.05) is 19.9 Å². The van der Waals surface area contributed by atoms with E-state index in [-0.39, 0.29) is 30.3 Å². The van der Waals surface area contributed by atoms with Crippen LogP contribution in [0.3, 0.4) is 0 Å². The number of fused-ring (bicyclic) bond motifs is 1. The molecule has 2 saturated heterocycles. The van der Waals surface area contributed by atoms with E-state index in [1.807, 2.05) is 13.8 Å². The molecule has 0 bridgehead atoms. The molecule has 0 radical (unpaired) electrons. The molecule has 2 N–H and O–H groups in total. The van der Waals surface area contributed by atoms with Crippen molar-refractivity contribution in [2.45, 2.75) is 45.6 Å². The summed E-state index contributed by atoms with van der Waals surface area (Å²) in [4.78, 5) is 29.6. The van der Waals surface area contributed by atoms with Crippen LogP contribution in [0.15, 0.2) is 24.3 Å². The van der Waals surface area contributed by atoms with Crippen molar-refractivity contribution in [3.63, 3.8) is 0 Å². The van der Waals surface area contributed by atoms with Gasteiger partial charge in [0, 0.05) is 57.4 Å². The normalized spacial score (nSPS) is 26.2. The Balaban J connectivity index is 1.70. The number of halogens is 1. The molecule has 35 heavy (non-hydrogen) atoms. The molecule has 2 fully saturated rings. The molecule has 0 unspecified atom stereocenters. The van der Waals surface area contributed by atoms with E-state index in [0.717, 1.165) is 12.8 Å². The van der Waals surface area contributed by atoms with E-state index in [4.69, 9.17) is 9.47 Å². The van der Waals surface area contributed by atoms with Crippen molar-refractivity contribution >= 4 is 17.6 Å². The monoisotopic (exact) mass is 493 g/mol. The van der Waals surface area contributed by atoms with Gasteiger partial charge in [-0.2, -0.15) is 0 Å². The van der Waals surface area contributed by atoms with Crippen molar-refractivity contribution in [1.82, 2.24) is 9.80 Å². The zero-order chi connectivity index (χ0) is 25.4. The van der Waals surface area contributed by atoms with Crippen LogP contribution in [0.25, 0.3) is 0 Å². The molecule has 3 amide bonds. The Labute approximate surface area is 207 Å². The summed E-state index contributed by atoms with van der Waals surface area (Å²) >= 11 is 0. The number of hydrogen-bond donors (Lipinski definition) is 2. The Morgan fingerprint density at radius 3 is 2.83 bits per heavy atom. The van der Waals surface area contributed by atoms with Crippen LogP contribution in [-0.4, -0.2) is 86.1 Å². The standard InChI is InChI=1S/C26H40FN3O5/c1-26(2)18-35-12-5-6-20-16-30(25(33)28-22-8-4-7-21(27)15-22)10-9-19(20)14-24(32)29(11-13-34-3)17-23(26)31/h4,7-8,15,19-20,23,31H,5-6,9-14,16-18H2,1-3H3,(H,28,33)/t19-,20-,23-/m0/s1. The molecular weight excluding hydrogens is 453 g/mol. The van der Waals surface area contributed by atoms with Gasteiger partial charge in [-0.3, -0.25) is 4.79 Å². The Morgan fingerprint density at radius 2 is 2.09 bits per heavy atom. The van der Waals surface area contributed by atoms with E-state index in [2.05, 4.69) is 5.32 Å². The van der Waals surface area contributed by atoms with Gasteiger partial charge in [-0.05, 0) is 49.3 Å². The highest BCUT2D eigenvalue weighted by Gasteiger charge is 2.36. The lowest BCUT2D eigenvalue weighted by Crippen LogP contribution is -2.48. The molecule has 8 nitrogen and oxygen atoms in total. The summed E-state index contributed by atoms with van der Waals surface area (Å²) in [7, 11) is 1.60. The molecule has 1 aromatic carbocycles. The summed E-state index contributed by atoms with van der Waals surface area (Å²) in [6, 6.07) is 5.60. The summed E-state index contributed by atoms with van der Waals surface area (Å²) in [5, 5.41) is 13.6. The van der Waals surface area contributed by atoms with E-state index in [0.29, 0.717) is 58.0 Å². The molecule has 2 aliphatic heterocycles. The maximum atomic E-state index is 13.5. The first-order valence-corrected chi connectivity index (χ1v) is 12.5. The minimum absolute atomic E-state index is 0.00438. The maximum Gasteiger partial charge on any atom is 0.321 e. The van der Waals surface area contributed by atoms with Gasteiger partial charge in [0.05, 0.1) is 19.3 Å².